The van der Waals surface area contributed by atoms with Gasteiger partial charge in [-0.3, -0.25) is 0 Å². The van der Waals surface area contributed by atoms with Crippen LogP contribution in [0.5, 0.6) is 0 Å². The molecule has 0 saturated heterocycles. The molecule has 0 radical (unpaired) electrons. The zero-order chi connectivity index (χ0) is 9.52. The van der Waals surface area contributed by atoms with Crippen LogP contribution in [0.4, 0.5) is 0 Å². The van der Waals surface area contributed by atoms with Crippen LogP contribution in [-0.2, 0) is 0 Å². The molecule has 3 nitrogen and oxygen atoms in total. The second kappa shape index (κ2) is 4.73. The molecule has 3 heteroatoms. The molecule has 0 unspecified atom stereocenters. The highest BCUT2D eigenvalue weighted by Gasteiger charge is 1.89. The minimum atomic E-state index is -0.0103. The summed E-state index contributed by atoms with van der Waals surface area (Å²) in [6.45, 7) is 0. The topological polar surface area (TPSA) is 56.4 Å². The maximum absolute atomic E-state index is 8.41. The van der Waals surface area contributed by atoms with Crippen molar-refractivity contribution in [3.8, 4) is 6.07 Å². The van der Waals surface area contributed by atoms with Gasteiger partial charge in [-0.15, -0.1) is 0 Å². The van der Waals surface area contributed by atoms with Crippen molar-refractivity contribution < 1.29 is 5.21 Å². The normalized spacial score (nSPS) is 11.5. The van der Waals surface area contributed by atoms with Crippen molar-refractivity contribution >= 4 is 11.8 Å². The van der Waals surface area contributed by atoms with Crippen molar-refractivity contribution in [2.24, 2.45) is 5.16 Å². The van der Waals surface area contributed by atoms with Crippen LogP contribution in [0.25, 0.3) is 6.08 Å². The van der Waals surface area contributed by atoms with E-state index in [1.165, 1.54) is 6.08 Å². The van der Waals surface area contributed by atoms with Gasteiger partial charge >= 0.3 is 0 Å². The second-order valence-corrected chi connectivity index (χ2v) is 2.34. The second-order valence-electron chi connectivity index (χ2n) is 2.34. The lowest BCUT2D eigenvalue weighted by Crippen LogP contribution is -1.85. The van der Waals surface area contributed by atoms with E-state index < -0.39 is 0 Å². The van der Waals surface area contributed by atoms with Crippen molar-refractivity contribution in [3.05, 3.63) is 42.0 Å². The summed E-state index contributed by atoms with van der Waals surface area (Å²) in [6.07, 6.45) is 3.16. The average molecular weight is 172 g/mol. The Morgan fingerprint density at radius 1 is 1.38 bits per heavy atom. The Balaban J connectivity index is 2.76. The molecule has 0 fully saturated rings. The van der Waals surface area contributed by atoms with E-state index in [2.05, 4.69) is 5.16 Å². The first-order valence-electron chi connectivity index (χ1n) is 3.72. The van der Waals surface area contributed by atoms with Gasteiger partial charge in [0.15, 0.2) is 5.71 Å². The maximum Gasteiger partial charge on any atom is 0.179 e. The Hall–Kier alpha value is -2.08. The first kappa shape index (κ1) is 9.01. The standard InChI is InChI=1S/C10H8N2O/c11-8-10(12-13)7-6-9-4-2-1-3-5-9/h1-7,13H. The van der Waals surface area contributed by atoms with E-state index in [1.54, 1.807) is 12.1 Å². The fourth-order valence-corrected chi connectivity index (χ4v) is 0.832. The third-order valence-corrected chi connectivity index (χ3v) is 1.46. The molecule has 1 aromatic carbocycles. The number of oxime groups is 1. The number of nitriles is 1. The molecule has 0 spiro atoms. The van der Waals surface area contributed by atoms with E-state index in [1.807, 2.05) is 30.3 Å². The Labute approximate surface area is 76.2 Å². The molecular formula is C10H8N2O. The predicted molar refractivity (Wildman–Crippen MR) is 50.3 cm³/mol. The SMILES string of the molecule is N#CC(C=Cc1ccccc1)=NO. The van der Waals surface area contributed by atoms with Gasteiger partial charge in [-0.1, -0.05) is 41.6 Å². The molecule has 0 aliphatic carbocycles. The molecule has 0 heterocycles. The third-order valence-electron chi connectivity index (χ3n) is 1.46. The Morgan fingerprint density at radius 3 is 2.62 bits per heavy atom. The predicted octanol–water partition coefficient (Wildman–Crippen LogP) is 2.05. The lowest BCUT2D eigenvalue weighted by molar-refractivity contribution is 0.320. The number of hydrogen-bond donors (Lipinski definition) is 1. The molecule has 0 aliphatic rings. The summed E-state index contributed by atoms with van der Waals surface area (Å²) in [4.78, 5) is 0. The van der Waals surface area contributed by atoms with Crippen LogP contribution in [0.1, 0.15) is 5.56 Å². The summed E-state index contributed by atoms with van der Waals surface area (Å²) in [5.74, 6) is 0. The van der Waals surface area contributed by atoms with Gasteiger partial charge < -0.3 is 5.21 Å². The Kier molecular flexibility index (Phi) is 3.28. The summed E-state index contributed by atoms with van der Waals surface area (Å²) in [5, 5.41) is 19.5. The van der Waals surface area contributed by atoms with Crippen LogP contribution < -0.4 is 0 Å². The van der Waals surface area contributed by atoms with Gasteiger partial charge in [0.2, 0.25) is 0 Å². The molecule has 13 heavy (non-hydrogen) atoms. The Bertz CT molecular complexity index is 360. The Morgan fingerprint density at radius 2 is 2.08 bits per heavy atom. The monoisotopic (exact) mass is 172 g/mol. The highest BCUT2D eigenvalue weighted by molar-refractivity contribution is 6.08. The minimum absolute atomic E-state index is 0.0103. The molecule has 1 aromatic rings. The van der Waals surface area contributed by atoms with E-state index in [-0.39, 0.29) is 5.71 Å². The third kappa shape index (κ3) is 2.80. The highest BCUT2D eigenvalue weighted by atomic mass is 16.4. The van der Waals surface area contributed by atoms with Gasteiger partial charge in [-0.2, -0.15) is 5.26 Å². The molecule has 1 rings (SSSR count). The molecule has 1 N–H and O–H groups in total. The van der Waals surface area contributed by atoms with Gasteiger partial charge in [-0.05, 0) is 11.6 Å². The number of benzene rings is 1. The summed E-state index contributed by atoms with van der Waals surface area (Å²) >= 11 is 0. The molecule has 0 amide bonds. The first-order valence-corrected chi connectivity index (χ1v) is 3.72. The van der Waals surface area contributed by atoms with Gasteiger partial charge in [0, 0.05) is 0 Å². The van der Waals surface area contributed by atoms with E-state index in [4.69, 9.17) is 10.5 Å². The van der Waals surface area contributed by atoms with E-state index in [0.29, 0.717) is 0 Å². The van der Waals surface area contributed by atoms with Crippen molar-refractivity contribution in [2.75, 3.05) is 0 Å². The van der Waals surface area contributed by atoms with Crippen LogP contribution in [0.3, 0.4) is 0 Å². The fraction of sp³-hybridized carbons (Fsp3) is 0. The van der Waals surface area contributed by atoms with Gasteiger partial charge in [0.25, 0.3) is 0 Å². The van der Waals surface area contributed by atoms with E-state index in [0.717, 1.165) is 5.56 Å². The largest absolute Gasteiger partial charge is 0.410 e. The van der Waals surface area contributed by atoms with Crippen molar-refractivity contribution in [3.63, 3.8) is 0 Å². The zero-order valence-electron chi connectivity index (χ0n) is 6.88. The maximum atomic E-state index is 8.41. The first-order chi connectivity index (χ1) is 6.36. The summed E-state index contributed by atoms with van der Waals surface area (Å²) < 4.78 is 0. The average Bonchev–Trinajstić information content (AvgIpc) is 2.21. The van der Waals surface area contributed by atoms with Gasteiger partial charge in [0.05, 0.1) is 0 Å². The molecule has 0 aliphatic heterocycles. The smallest absolute Gasteiger partial charge is 0.179 e. The summed E-state index contributed by atoms with van der Waals surface area (Å²) in [7, 11) is 0. The van der Waals surface area contributed by atoms with E-state index in [9.17, 15) is 0 Å². The zero-order valence-corrected chi connectivity index (χ0v) is 6.88. The molecule has 0 aromatic heterocycles. The van der Waals surface area contributed by atoms with Crippen LogP contribution in [0, 0.1) is 11.3 Å². The molecular weight excluding hydrogens is 164 g/mol. The number of allylic oxidation sites excluding steroid dienone is 1. The molecule has 0 atom stereocenters. The summed E-state index contributed by atoms with van der Waals surface area (Å²) in [6, 6.07) is 11.2. The van der Waals surface area contributed by atoms with Crippen LogP contribution in [-0.4, -0.2) is 10.9 Å². The number of nitrogens with zero attached hydrogens (tertiary/aromatic N) is 2. The lowest BCUT2D eigenvalue weighted by atomic mass is 10.2. The minimum Gasteiger partial charge on any atom is -0.410 e. The van der Waals surface area contributed by atoms with Crippen LogP contribution in [0.15, 0.2) is 41.6 Å². The number of rotatable bonds is 2. The summed E-state index contributed by atoms with van der Waals surface area (Å²) in [5.41, 5.74) is 0.947. The quantitative estimate of drug-likeness (QED) is 0.421. The highest BCUT2D eigenvalue weighted by Crippen LogP contribution is 2.00. The van der Waals surface area contributed by atoms with Gasteiger partial charge in [-0.25, -0.2) is 0 Å². The van der Waals surface area contributed by atoms with Crippen molar-refractivity contribution in [2.45, 2.75) is 0 Å². The van der Waals surface area contributed by atoms with Crippen LogP contribution in [0.2, 0.25) is 0 Å². The lowest BCUT2D eigenvalue weighted by Gasteiger charge is -1.89. The van der Waals surface area contributed by atoms with Crippen molar-refractivity contribution in [1.82, 2.24) is 0 Å². The van der Waals surface area contributed by atoms with Gasteiger partial charge in [0.1, 0.15) is 6.07 Å². The van der Waals surface area contributed by atoms with E-state index >= 15 is 0 Å². The fourth-order valence-electron chi connectivity index (χ4n) is 0.832. The molecule has 0 bridgehead atoms. The number of hydrogen-bond acceptors (Lipinski definition) is 3. The molecule has 64 valence electrons. The molecule has 0 saturated carbocycles. The van der Waals surface area contributed by atoms with Crippen molar-refractivity contribution in [1.29, 1.82) is 5.26 Å². The van der Waals surface area contributed by atoms with Crippen LogP contribution >= 0.6 is 0 Å².